The molecule has 3 N–H and O–H groups in total. The number of carbonyl (C=O) groups is 1. The van der Waals surface area contributed by atoms with Crippen LogP contribution in [0, 0.1) is 0 Å². The second kappa shape index (κ2) is 7.76. The Morgan fingerprint density at radius 2 is 2.21 bits per heavy atom. The van der Waals surface area contributed by atoms with E-state index in [4.69, 9.17) is 5.11 Å². The van der Waals surface area contributed by atoms with Gasteiger partial charge in [-0.2, -0.15) is 0 Å². The lowest BCUT2D eigenvalue weighted by Gasteiger charge is -2.18. The molecule has 1 unspecified atom stereocenters. The highest BCUT2D eigenvalue weighted by Crippen LogP contribution is 2.17. The molecule has 0 saturated heterocycles. The van der Waals surface area contributed by atoms with Crippen molar-refractivity contribution in [3.05, 3.63) is 29.8 Å². The molecule has 0 aliphatic heterocycles. The molecule has 0 saturated carbocycles. The Morgan fingerprint density at radius 1 is 1.47 bits per heavy atom. The number of nitrogens with one attached hydrogen (secondary N) is 2. The van der Waals surface area contributed by atoms with E-state index in [-0.39, 0.29) is 18.7 Å². The minimum Gasteiger partial charge on any atom is -0.395 e. The summed E-state index contributed by atoms with van der Waals surface area (Å²) in [6, 6.07) is 7.79. The molecular weight excluding hydrogens is 242 g/mol. The summed E-state index contributed by atoms with van der Waals surface area (Å²) in [7, 11) is 1.65. The van der Waals surface area contributed by atoms with Crippen LogP contribution in [0.5, 0.6) is 0 Å². The molecule has 0 aliphatic rings. The fourth-order valence-corrected chi connectivity index (χ4v) is 1.78. The lowest BCUT2D eigenvalue weighted by molar-refractivity contribution is 0.202. The molecule has 2 amide bonds. The molecule has 0 radical (unpaired) electrons. The van der Waals surface area contributed by atoms with Crippen molar-refractivity contribution in [2.24, 2.45) is 0 Å². The minimum absolute atomic E-state index is 0.0403. The van der Waals surface area contributed by atoms with Crippen molar-refractivity contribution in [1.82, 2.24) is 10.2 Å². The second-order valence-electron chi connectivity index (χ2n) is 4.48. The van der Waals surface area contributed by atoms with Gasteiger partial charge in [0, 0.05) is 25.3 Å². The zero-order valence-electron chi connectivity index (χ0n) is 11.8. The number of anilines is 1. The zero-order valence-corrected chi connectivity index (χ0v) is 11.8. The van der Waals surface area contributed by atoms with Gasteiger partial charge in [0.25, 0.3) is 0 Å². The summed E-state index contributed by atoms with van der Waals surface area (Å²) >= 11 is 0. The number of urea groups is 1. The molecule has 1 aromatic carbocycles. The Hall–Kier alpha value is -1.59. The van der Waals surface area contributed by atoms with Crippen molar-refractivity contribution >= 4 is 11.7 Å². The van der Waals surface area contributed by atoms with E-state index < -0.39 is 0 Å². The monoisotopic (exact) mass is 265 g/mol. The van der Waals surface area contributed by atoms with Crippen LogP contribution < -0.4 is 10.6 Å². The highest BCUT2D eigenvalue weighted by Gasteiger charge is 2.09. The molecule has 1 aromatic rings. The third-order valence-corrected chi connectivity index (χ3v) is 2.93. The van der Waals surface area contributed by atoms with Gasteiger partial charge >= 0.3 is 6.03 Å². The Kier molecular flexibility index (Phi) is 6.32. The van der Waals surface area contributed by atoms with Crippen molar-refractivity contribution < 1.29 is 9.90 Å². The maximum absolute atomic E-state index is 11.8. The number of nitrogens with zero attached hydrogens (tertiary/aromatic N) is 1. The third-order valence-electron chi connectivity index (χ3n) is 2.93. The van der Waals surface area contributed by atoms with Crippen LogP contribution in [0.1, 0.15) is 25.5 Å². The number of hydrogen-bond donors (Lipinski definition) is 3. The first-order chi connectivity index (χ1) is 9.08. The number of aliphatic hydroxyl groups is 1. The number of rotatable bonds is 6. The molecule has 0 spiro atoms. The molecule has 0 aliphatic carbocycles. The van der Waals surface area contributed by atoms with E-state index in [9.17, 15) is 4.79 Å². The van der Waals surface area contributed by atoms with Crippen molar-refractivity contribution in [3.63, 3.8) is 0 Å². The lowest BCUT2D eigenvalue weighted by Crippen LogP contribution is -2.33. The molecule has 0 aromatic heterocycles. The Labute approximate surface area is 114 Å². The number of aliphatic hydroxyl groups excluding tert-OH is 1. The average molecular weight is 265 g/mol. The number of benzene rings is 1. The molecular formula is C14H23N3O2. The van der Waals surface area contributed by atoms with Gasteiger partial charge in [0.1, 0.15) is 0 Å². The molecule has 19 heavy (non-hydrogen) atoms. The van der Waals surface area contributed by atoms with Crippen LogP contribution in [0.2, 0.25) is 0 Å². The standard InChI is InChI=1S/C14H23N3O2/c1-4-15-11(2)12-6-5-7-13(10-12)16-14(19)17(3)8-9-18/h5-7,10-11,15,18H,4,8-9H2,1-3H3,(H,16,19). The molecule has 106 valence electrons. The van der Waals surface area contributed by atoms with E-state index in [1.54, 1.807) is 7.05 Å². The topological polar surface area (TPSA) is 64.6 Å². The van der Waals surface area contributed by atoms with Gasteiger partial charge in [-0.15, -0.1) is 0 Å². The average Bonchev–Trinajstić information content (AvgIpc) is 2.39. The van der Waals surface area contributed by atoms with E-state index in [1.807, 2.05) is 24.3 Å². The van der Waals surface area contributed by atoms with Gasteiger partial charge in [-0.25, -0.2) is 4.79 Å². The van der Waals surface area contributed by atoms with E-state index in [1.165, 1.54) is 4.90 Å². The summed E-state index contributed by atoms with van der Waals surface area (Å²) in [5.74, 6) is 0. The number of hydrogen-bond acceptors (Lipinski definition) is 3. The Balaban J connectivity index is 2.69. The molecule has 0 fully saturated rings. The molecule has 5 heteroatoms. The summed E-state index contributed by atoms with van der Waals surface area (Å²) in [5.41, 5.74) is 1.89. The van der Waals surface area contributed by atoms with Gasteiger partial charge in [-0.3, -0.25) is 0 Å². The summed E-state index contributed by atoms with van der Waals surface area (Å²) in [4.78, 5) is 13.2. The van der Waals surface area contributed by atoms with Crippen molar-refractivity contribution in [2.45, 2.75) is 19.9 Å². The van der Waals surface area contributed by atoms with Crippen LogP contribution in [0.3, 0.4) is 0 Å². The Bertz CT molecular complexity index is 409. The van der Waals surface area contributed by atoms with Crippen LogP contribution in [-0.2, 0) is 0 Å². The van der Waals surface area contributed by atoms with Crippen LogP contribution in [-0.4, -0.2) is 42.8 Å². The van der Waals surface area contributed by atoms with E-state index >= 15 is 0 Å². The maximum atomic E-state index is 11.8. The Morgan fingerprint density at radius 3 is 2.84 bits per heavy atom. The van der Waals surface area contributed by atoms with Gasteiger partial charge in [0.15, 0.2) is 0 Å². The third kappa shape index (κ3) is 4.89. The summed E-state index contributed by atoms with van der Waals surface area (Å²) in [6.45, 7) is 5.33. The largest absolute Gasteiger partial charge is 0.395 e. The van der Waals surface area contributed by atoms with Crippen LogP contribution in [0.25, 0.3) is 0 Å². The molecule has 1 rings (SSSR count). The highest BCUT2D eigenvalue weighted by molar-refractivity contribution is 5.89. The zero-order chi connectivity index (χ0) is 14.3. The molecule has 5 nitrogen and oxygen atoms in total. The molecule has 0 heterocycles. The fourth-order valence-electron chi connectivity index (χ4n) is 1.78. The predicted molar refractivity (Wildman–Crippen MR) is 77.3 cm³/mol. The first kappa shape index (κ1) is 15.5. The highest BCUT2D eigenvalue weighted by atomic mass is 16.3. The SMILES string of the molecule is CCNC(C)c1cccc(NC(=O)N(C)CCO)c1. The first-order valence-corrected chi connectivity index (χ1v) is 6.54. The van der Waals surface area contributed by atoms with Crippen molar-refractivity contribution in [2.75, 3.05) is 32.1 Å². The summed E-state index contributed by atoms with van der Waals surface area (Å²) in [6.07, 6.45) is 0. The second-order valence-corrected chi connectivity index (χ2v) is 4.48. The van der Waals surface area contributed by atoms with Crippen LogP contribution in [0.15, 0.2) is 24.3 Å². The van der Waals surface area contributed by atoms with Gasteiger partial charge < -0.3 is 20.6 Å². The number of carbonyl (C=O) groups excluding carboxylic acids is 1. The molecule has 0 bridgehead atoms. The van der Waals surface area contributed by atoms with E-state index in [0.717, 1.165) is 17.8 Å². The maximum Gasteiger partial charge on any atom is 0.321 e. The van der Waals surface area contributed by atoms with E-state index in [0.29, 0.717) is 6.54 Å². The van der Waals surface area contributed by atoms with Crippen LogP contribution in [0.4, 0.5) is 10.5 Å². The van der Waals surface area contributed by atoms with Crippen molar-refractivity contribution in [1.29, 1.82) is 0 Å². The quantitative estimate of drug-likeness (QED) is 0.735. The normalized spacial score (nSPS) is 12.0. The van der Waals surface area contributed by atoms with E-state index in [2.05, 4.69) is 24.5 Å². The summed E-state index contributed by atoms with van der Waals surface area (Å²) < 4.78 is 0. The van der Waals surface area contributed by atoms with Gasteiger partial charge in [-0.05, 0) is 31.2 Å². The van der Waals surface area contributed by atoms with Crippen LogP contribution >= 0.6 is 0 Å². The van der Waals surface area contributed by atoms with Gasteiger partial charge in [0.05, 0.1) is 6.61 Å². The molecule has 1 atom stereocenters. The van der Waals surface area contributed by atoms with Gasteiger partial charge in [-0.1, -0.05) is 19.1 Å². The number of amides is 2. The lowest BCUT2D eigenvalue weighted by atomic mass is 10.1. The minimum atomic E-state index is -0.220. The smallest absolute Gasteiger partial charge is 0.321 e. The fraction of sp³-hybridized carbons (Fsp3) is 0.500. The predicted octanol–water partition coefficient (Wildman–Crippen LogP) is 1.81. The number of likely N-dealkylation sites (N-methyl/N-ethyl adjacent to an activating group) is 1. The van der Waals surface area contributed by atoms with Gasteiger partial charge in [0.2, 0.25) is 0 Å². The first-order valence-electron chi connectivity index (χ1n) is 6.54. The summed E-state index contributed by atoms with van der Waals surface area (Å²) in [5, 5.41) is 14.9. The van der Waals surface area contributed by atoms with Crippen molar-refractivity contribution in [3.8, 4) is 0 Å².